The molecule has 0 bridgehead atoms. The minimum atomic E-state index is -0.259. The number of ether oxygens (including phenoxy) is 1. The van der Waals surface area contributed by atoms with E-state index in [1.165, 1.54) is 0 Å². The van der Waals surface area contributed by atoms with E-state index in [1.54, 1.807) is 7.11 Å². The third-order valence-electron chi connectivity index (χ3n) is 4.26. The molecule has 5 nitrogen and oxygen atoms in total. The van der Waals surface area contributed by atoms with Crippen LogP contribution in [0.25, 0.3) is 11.1 Å². The van der Waals surface area contributed by atoms with E-state index < -0.39 is 0 Å². The van der Waals surface area contributed by atoms with Crippen LogP contribution in [0.2, 0.25) is 0 Å². The molecule has 0 aliphatic heterocycles. The van der Waals surface area contributed by atoms with Crippen molar-refractivity contribution in [2.24, 2.45) is 5.92 Å². The fourth-order valence-electron chi connectivity index (χ4n) is 3.00. The second-order valence-corrected chi connectivity index (χ2v) is 6.05. The molecule has 0 fully saturated rings. The summed E-state index contributed by atoms with van der Waals surface area (Å²) in [5.41, 5.74) is 2.65. The minimum absolute atomic E-state index is 0.0467. The van der Waals surface area contributed by atoms with Crippen LogP contribution in [0.4, 0.5) is 10.5 Å². The lowest BCUT2D eigenvalue weighted by atomic mass is 10.0. The number of amides is 2. The topological polar surface area (TPSA) is 70.6 Å². The van der Waals surface area contributed by atoms with E-state index in [9.17, 15) is 4.79 Å². The molecule has 1 aliphatic carbocycles. The Hall–Kier alpha value is -2.79. The number of hydrogen-bond donors (Lipinski definition) is 3. The lowest BCUT2D eigenvalue weighted by Gasteiger charge is -2.14. The maximum atomic E-state index is 12.2. The fourth-order valence-corrected chi connectivity index (χ4v) is 3.00. The molecule has 2 atom stereocenters. The van der Waals surface area contributed by atoms with Crippen LogP contribution in [-0.2, 0) is 0 Å². The van der Waals surface area contributed by atoms with Gasteiger partial charge in [-0.3, -0.25) is 0 Å². The van der Waals surface area contributed by atoms with Gasteiger partial charge in [0.2, 0.25) is 0 Å². The minimum Gasteiger partial charge on any atom is -0.496 e. The summed E-state index contributed by atoms with van der Waals surface area (Å²) in [4.78, 5) is 12.2. The van der Waals surface area contributed by atoms with Gasteiger partial charge in [0.15, 0.2) is 0 Å². The average molecular weight is 338 g/mol. The summed E-state index contributed by atoms with van der Waals surface area (Å²) in [7, 11) is 1.64. The van der Waals surface area contributed by atoms with Crippen molar-refractivity contribution >= 4 is 11.7 Å². The molecule has 0 unspecified atom stereocenters. The van der Waals surface area contributed by atoms with Crippen molar-refractivity contribution in [2.75, 3.05) is 19.0 Å². The van der Waals surface area contributed by atoms with Crippen LogP contribution in [0.15, 0.2) is 60.7 Å². The van der Waals surface area contributed by atoms with Crippen molar-refractivity contribution < 1.29 is 14.6 Å². The van der Waals surface area contributed by atoms with Gasteiger partial charge in [-0.25, -0.2) is 4.79 Å². The van der Waals surface area contributed by atoms with E-state index in [1.807, 2.05) is 60.7 Å². The van der Waals surface area contributed by atoms with E-state index in [0.29, 0.717) is 5.69 Å². The predicted octanol–water partition coefficient (Wildman–Crippen LogP) is 3.42. The molecule has 0 saturated heterocycles. The summed E-state index contributed by atoms with van der Waals surface area (Å²) < 4.78 is 5.40. The number of carbonyl (C=O) groups is 1. The maximum Gasteiger partial charge on any atom is 0.319 e. The molecule has 130 valence electrons. The maximum absolute atomic E-state index is 12.2. The molecule has 0 radical (unpaired) electrons. The van der Waals surface area contributed by atoms with Crippen molar-refractivity contribution in [1.82, 2.24) is 5.32 Å². The second kappa shape index (κ2) is 7.85. The number of benzene rings is 2. The van der Waals surface area contributed by atoms with Gasteiger partial charge in [0.25, 0.3) is 0 Å². The number of urea groups is 1. The van der Waals surface area contributed by atoms with Crippen LogP contribution in [-0.4, -0.2) is 30.9 Å². The molecule has 0 aromatic heterocycles. The van der Waals surface area contributed by atoms with Crippen LogP contribution in [0.3, 0.4) is 0 Å². The zero-order chi connectivity index (χ0) is 17.6. The molecular weight excluding hydrogens is 316 g/mol. The lowest BCUT2D eigenvalue weighted by Crippen LogP contribution is -2.36. The molecule has 0 spiro atoms. The Kier molecular flexibility index (Phi) is 5.36. The van der Waals surface area contributed by atoms with Crippen LogP contribution < -0.4 is 15.4 Å². The first-order chi connectivity index (χ1) is 12.2. The monoisotopic (exact) mass is 338 g/mol. The first kappa shape index (κ1) is 17.0. The van der Waals surface area contributed by atoms with Gasteiger partial charge in [0.05, 0.1) is 7.11 Å². The summed E-state index contributed by atoms with van der Waals surface area (Å²) >= 11 is 0. The van der Waals surface area contributed by atoms with Gasteiger partial charge in [-0.05, 0) is 30.2 Å². The molecule has 3 rings (SSSR count). The van der Waals surface area contributed by atoms with Crippen molar-refractivity contribution in [3.63, 3.8) is 0 Å². The summed E-state index contributed by atoms with van der Waals surface area (Å²) in [5.74, 6) is 0.911. The zero-order valence-corrected chi connectivity index (χ0v) is 14.1. The third-order valence-corrected chi connectivity index (χ3v) is 4.26. The molecule has 2 amide bonds. The number of para-hydroxylation sites is 1. The smallest absolute Gasteiger partial charge is 0.319 e. The first-order valence-corrected chi connectivity index (χ1v) is 8.29. The normalized spacial score (nSPS) is 18.8. The SMILES string of the molecule is COc1ccccc1-c1cccc(NC(=O)N[C@@H]2C=C[C@H](CO)C2)c1. The number of anilines is 1. The highest BCUT2D eigenvalue weighted by Crippen LogP contribution is 2.31. The molecule has 2 aromatic carbocycles. The van der Waals surface area contributed by atoms with E-state index in [-0.39, 0.29) is 24.6 Å². The molecule has 3 N–H and O–H groups in total. The summed E-state index contributed by atoms with van der Waals surface area (Å²) in [5, 5.41) is 14.9. The molecule has 2 aromatic rings. The van der Waals surface area contributed by atoms with Gasteiger partial charge in [-0.15, -0.1) is 0 Å². The van der Waals surface area contributed by atoms with E-state index >= 15 is 0 Å². The molecule has 0 heterocycles. The van der Waals surface area contributed by atoms with E-state index in [0.717, 1.165) is 23.3 Å². The van der Waals surface area contributed by atoms with E-state index in [2.05, 4.69) is 10.6 Å². The van der Waals surface area contributed by atoms with Crippen molar-refractivity contribution in [2.45, 2.75) is 12.5 Å². The van der Waals surface area contributed by atoms with Gasteiger partial charge < -0.3 is 20.5 Å². The summed E-state index contributed by atoms with van der Waals surface area (Å²) in [6, 6.07) is 15.1. The Bertz CT molecular complexity index is 773. The number of aliphatic hydroxyl groups is 1. The van der Waals surface area contributed by atoms with Gasteiger partial charge in [-0.2, -0.15) is 0 Å². The molecule has 0 saturated carbocycles. The number of hydrogen-bond acceptors (Lipinski definition) is 3. The van der Waals surface area contributed by atoms with Crippen molar-refractivity contribution in [1.29, 1.82) is 0 Å². The highest BCUT2D eigenvalue weighted by molar-refractivity contribution is 5.90. The van der Waals surface area contributed by atoms with Gasteiger partial charge in [0.1, 0.15) is 5.75 Å². The van der Waals surface area contributed by atoms with Gasteiger partial charge in [-0.1, -0.05) is 42.5 Å². The van der Waals surface area contributed by atoms with Crippen molar-refractivity contribution in [3.05, 3.63) is 60.7 Å². The first-order valence-electron chi connectivity index (χ1n) is 8.29. The molecule has 1 aliphatic rings. The van der Waals surface area contributed by atoms with Gasteiger partial charge >= 0.3 is 6.03 Å². The van der Waals surface area contributed by atoms with Gasteiger partial charge in [0, 0.05) is 29.8 Å². The number of methoxy groups -OCH3 is 1. The highest BCUT2D eigenvalue weighted by Gasteiger charge is 2.19. The molecular formula is C20H22N2O3. The van der Waals surface area contributed by atoms with E-state index in [4.69, 9.17) is 9.84 Å². The average Bonchev–Trinajstić information content (AvgIpc) is 3.09. The number of nitrogens with one attached hydrogen (secondary N) is 2. The Balaban J connectivity index is 1.68. The predicted molar refractivity (Wildman–Crippen MR) is 98.7 cm³/mol. The Morgan fingerprint density at radius 1 is 1.20 bits per heavy atom. The molecule has 5 heteroatoms. The van der Waals surface area contributed by atoms with Crippen molar-refractivity contribution in [3.8, 4) is 16.9 Å². The largest absolute Gasteiger partial charge is 0.496 e. The Labute approximate surface area is 147 Å². The van der Waals surface area contributed by atoms with Crippen LogP contribution in [0.1, 0.15) is 6.42 Å². The summed E-state index contributed by atoms with van der Waals surface area (Å²) in [6.45, 7) is 0.108. The fraction of sp³-hybridized carbons (Fsp3) is 0.250. The molecule has 25 heavy (non-hydrogen) atoms. The Morgan fingerprint density at radius 3 is 2.80 bits per heavy atom. The lowest BCUT2D eigenvalue weighted by molar-refractivity contribution is 0.238. The summed E-state index contributed by atoms with van der Waals surface area (Å²) in [6.07, 6.45) is 4.59. The highest BCUT2D eigenvalue weighted by atomic mass is 16.5. The Morgan fingerprint density at radius 2 is 2.04 bits per heavy atom. The van der Waals surface area contributed by atoms with Crippen LogP contribution in [0, 0.1) is 5.92 Å². The van der Waals surface area contributed by atoms with Crippen LogP contribution in [0.5, 0.6) is 5.75 Å². The number of rotatable bonds is 5. The second-order valence-electron chi connectivity index (χ2n) is 6.05. The number of aliphatic hydroxyl groups excluding tert-OH is 1. The zero-order valence-electron chi connectivity index (χ0n) is 14.1. The van der Waals surface area contributed by atoms with Crippen LogP contribution >= 0.6 is 0 Å². The third kappa shape index (κ3) is 4.19. The standard InChI is InChI=1S/C20H22N2O3/c1-25-19-8-3-2-7-18(19)15-5-4-6-16(12-15)21-20(24)22-17-10-9-14(11-17)13-23/h2-10,12,14,17,23H,11,13H2,1H3,(H2,21,22,24)/t14-,17+/m0/s1. The quantitative estimate of drug-likeness (QED) is 0.732. The number of carbonyl (C=O) groups excluding carboxylic acids is 1.